The van der Waals surface area contributed by atoms with Gasteiger partial charge in [-0.25, -0.2) is 4.79 Å². The maximum absolute atomic E-state index is 12.4. The van der Waals surface area contributed by atoms with Crippen LogP contribution in [0.5, 0.6) is 0 Å². The molecular weight excluding hydrogens is 334 g/mol. The molecule has 1 unspecified atom stereocenters. The first-order chi connectivity index (χ1) is 13.2. The van der Waals surface area contributed by atoms with Crippen LogP contribution in [0.1, 0.15) is 50.1 Å². The fraction of sp³-hybridized carbons (Fsp3) is 0.435. The van der Waals surface area contributed by atoms with Crippen molar-refractivity contribution >= 4 is 11.0 Å². The molecule has 27 heavy (non-hydrogen) atoms. The van der Waals surface area contributed by atoms with Gasteiger partial charge in [-0.2, -0.15) is 0 Å². The summed E-state index contributed by atoms with van der Waals surface area (Å²) in [5, 5.41) is 0. The number of hydrogen-bond acceptors (Lipinski definition) is 2. The molecule has 1 saturated heterocycles. The number of para-hydroxylation sites is 2. The van der Waals surface area contributed by atoms with Gasteiger partial charge in [0.25, 0.3) is 0 Å². The van der Waals surface area contributed by atoms with Gasteiger partial charge in [-0.15, -0.1) is 0 Å². The van der Waals surface area contributed by atoms with Crippen LogP contribution in [0, 0.1) is 0 Å². The molecule has 1 atom stereocenters. The lowest BCUT2D eigenvalue weighted by atomic mass is 9.96. The summed E-state index contributed by atoms with van der Waals surface area (Å²) in [7, 11) is 0. The molecule has 0 radical (unpaired) electrons. The molecule has 2 aromatic carbocycles. The van der Waals surface area contributed by atoms with Gasteiger partial charge in [0.05, 0.1) is 11.0 Å². The van der Waals surface area contributed by atoms with Gasteiger partial charge in [-0.05, 0) is 55.8 Å². The van der Waals surface area contributed by atoms with Crippen LogP contribution in [0.3, 0.4) is 0 Å². The monoisotopic (exact) mass is 363 g/mol. The van der Waals surface area contributed by atoms with Crippen molar-refractivity contribution in [2.24, 2.45) is 0 Å². The molecule has 0 spiro atoms. The van der Waals surface area contributed by atoms with Gasteiger partial charge in [0.2, 0.25) is 0 Å². The second-order valence-electron chi connectivity index (χ2n) is 7.84. The predicted octanol–water partition coefficient (Wildman–Crippen LogP) is 4.55. The summed E-state index contributed by atoms with van der Waals surface area (Å²) in [5.41, 5.74) is 3.46. The van der Waals surface area contributed by atoms with E-state index in [1.807, 2.05) is 28.8 Å². The highest BCUT2D eigenvalue weighted by molar-refractivity contribution is 5.75. The number of nitrogens with one attached hydrogen (secondary N) is 1. The van der Waals surface area contributed by atoms with Crippen LogP contribution in [0.25, 0.3) is 11.0 Å². The quantitative estimate of drug-likeness (QED) is 0.698. The van der Waals surface area contributed by atoms with Crippen molar-refractivity contribution in [3.05, 3.63) is 70.6 Å². The first-order valence-electron chi connectivity index (χ1n) is 10.2. The number of hydrogen-bond donors (Lipinski definition) is 1. The zero-order chi connectivity index (χ0) is 18.6. The SMILES string of the molecule is CC(CCCN1CCC(n2c(=O)[nH]c3ccccc32)CC1)c1ccccc1. The minimum absolute atomic E-state index is 0.0336. The summed E-state index contributed by atoms with van der Waals surface area (Å²) < 4.78 is 1.98. The van der Waals surface area contributed by atoms with Crippen molar-refractivity contribution in [1.82, 2.24) is 14.5 Å². The third kappa shape index (κ3) is 4.01. The highest BCUT2D eigenvalue weighted by Gasteiger charge is 2.23. The third-order valence-electron chi connectivity index (χ3n) is 6.03. The van der Waals surface area contributed by atoms with Crippen LogP contribution in [0.15, 0.2) is 59.4 Å². The summed E-state index contributed by atoms with van der Waals surface area (Å²) in [6, 6.07) is 19.1. The number of rotatable bonds is 6. The van der Waals surface area contributed by atoms with Crippen molar-refractivity contribution in [3.8, 4) is 0 Å². The zero-order valence-electron chi connectivity index (χ0n) is 16.1. The lowest BCUT2D eigenvalue weighted by molar-refractivity contribution is 0.183. The van der Waals surface area contributed by atoms with Crippen LogP contribution in [-0.2, 0) is 0 Å². The summed E-state index contributed by atoms with van der Waals surface area (Å²) in [6.45, 7) is 5.64. The third-order valence-corrected chi connectivity index (χ3v) is 6.03. The van der Waals surface area contributed by atoms with E-state index in [2.05, 4.69) is 47.1 Å². The first kappa shape index (κ1) is 18.1. The average molecular weight is 364 g/mol. The lowest BCUT2D eigenvalue weighted by Gasteiger charge is -2.32. The molecule has 0 aliphatic carbocycles. The molecule has 1 aliphatic rings. The largest absolute Gasteiger partial charge is 0.326 e. The Labute approximate surface area is 160 Å². The fourth-order valence-corrected chi connectivity index (χ4v) is 4.41. The Morgan fingerprint density at radius 1 is 1.04 bits per heavy atom. The normalized spacial score (nSPS) is 17.4. The number of likely N-dealkylation sites (tertiary alicyclic amines) is 1. The molecule has 4 rings (SSSR count). The number of H-pyrrole nitrogens is 1. The van der Waals surface area contributed by atoms with Gasteiger partial charge in [0.15, 0.2) is 0 Å². The van der Waals surface area contributed by atoms with Gasteiger partial charge in [-0.1, -0.05) is 49.4 Å². The molecular formula is C23H29N3O. The summed E-state index contributed by atoms with van der Waals surface area (Å²) in [5.74, 6) is 0.619. The van der Waals surface area contributed by atoms with Crippen LogP contribution in [0.2, 0.25) is 0 Å². The molecule has 142 valence electrons. The molecule has 3 aromatic rings. The fourth-order valence-electron chi connectivity index (χ4n) is 4.41. The number of aromatic nitrogens is 2. The molecule has 0 bridgehead atoms. The van der Waals surface area contributed by atoms with Crippen LogP contribution < -0.4 is 5.69 Å². The van der Waals surface area contributed by atoms with E-state index >= 15 is 0 Å². The minimum atomic E-state index is 0.0336. The smallest absolute Gasteiger partial charge is 0.306 e. The highest BCUT2D eigenvalue weighted by atomic mass is 16.1. The van der Waals surface area contributed by atoms with E-state index < -0.39 is 0 Å². The molecule has 1 aliphatic heterocycles. The lowest BCUT2D eigenvalue weighted by Crippen LogP contribution is -2.37. The predicted molar refractivity (Wildman–Crippen MR) is 111 cm³/mol. The molecule has 4 heteroatoms. The number of benzene rings is 2. The molecule has 0 amide bonds. The van der Waals surface area contributed by atoms with Gasteiger partial charge in [-0.3, -0.25) is 4.57 Å². The molecule has 2 heterocycles. The van der Waals surface area contributed by atoms with Gasteiger partial charge >= 0.3 is 5.69 Å². The summed E-state index contributed by atoms with van der Waals surface area (Å²) in [6.07, 6.45) is 4.56. The number of fused-ring (bicyclic) bond motifs is 1. The second-order valence-corrected chi connectivity index (χ2v) is 7.84. The number of piperidine rings is 1. The minimum Gasteiger partial charge on any atom is -0.306 e. The molecule has 0 saturated carbocycles. The molecule has 1 fully saturated rings. The van der Waals surface area contributed by atoms with Gasteiger partial charge < -0.3 is 9.88 Å². The van der Waals surface area contributed by atoms with Crippen molar-refractivity contribution in [2.75, 3.05) is 19.6 Å². The number of imidazole rings is 1. The summed E-state index contributed by atoms with van der Waals surface area (Å²) in [4.78, 5) is 18.0. The maximum atomic E-state index is 12.4. The van der Waals surface area contributed by atoms with E-state index in [9.17, 15) is 4.79 Å². The van der Waals surface area contributed by atoms with Gasteiger partial charge in [0.1, 0.15) is 0 Å². The van der Waals surface area contributed by atoms with Crippen molar-refractivity contribution < 1.29 is 0 Å². The van der Waals surface area contributed by atoms with E-state index in [4.69, 9.17) is 0 Å². The Bertz CT molecular complexity index is 919. The second kappa shape index (κ2) is 8.13. The maximum Gasteiger partial charge on any atom is 0.326 e. The Balaban J connectivity index is 1.29. The zero-order valence-corrected chi connectivity index (χ0v) is 16.1. The van der Waals surface area contributed by atoms with E-state index in [1.165, 1.54) is 18.4 Å². The van der Waals surface area contributed by atoms with E-state index in [-0.39, 0.29) is 5.69 Å². The Morgan fingerprint density at radius 2 is 1.74 bits per heavy atom. The first-order valence-corrected chi connectivity index (χ1v) is 10.2. The van der Waals surface area contributed by atoms with Gasteiger partial charge in [0, 0.05) is 19.1 Å². The Morgan fingerprint density at radius 3 is 2.52 bits per heavy atom. The molecule has 4 nitrogen and oxygen atoms in total. The topological polar surface area (TPSA) is 41.0 Å². The summed E-state index contributed by atoms with van der Waals surface area (Å²) >= 11 is 0. The Hall–Kier alpha value is -2.33. The average Bonchev–Trinajstić information content (AvgIpc) is 3.05. The van der Waals surface area contributed by atoms with Crippen molar-refractivity contribution in [2.45, 2.75) is 44.6 Å². The van der Waals surface area contributed by atoms with E-state index in [0.29, 0.717) is 12.0 Å². The van der Waals surface area contributed by atoms with Crippen LogP contribution in [-0.4, -0.2) is 34.1 Å². The van der Waals surface area contributed by atoms with Crippen molar-refractivity contribution in [3.63, 3.8) is 0 Å². The number of nitrogens with zero attached hydrogens (tertiary/aromatic N) is 2. The standard InChI is InChI=1S/C23H29N3O/c1-18(19-9-3-2-4-10-19)8-7-15-25-16-13-20(14-17-25)26-22-12-6-5-11-21(22)24-23(26)27/h2-6,9-12,18,20H,7-8,13-17H2,1H3,(H,24,27). The Kier molecular flexibility index (Phi) is 5.44. The highest BCUT2D eigenvalue weighted by Crippen LogP contribution is 2.26. The van der Waals surface area contributed by atoms with Crippen LogP contribution in [0.4, 0.5) is 0 Å². The van der Waals surface area contributed by atoms with E-state index in [1.54, 1.807) is 0 Å². The van der Waals surface area contributed by atoms with Crippen molar-refractivity contribution in [1.29, 1.82) is 0 Å². The van der Waals surface area contributed by atoms with Crippen LogP contribution >= 0.6 is 0 Å². The molecule has 1 N–H and O–H groups in total. The van der Waals surface area contributed by atoms with E-state index in [0.717, 1.165) is 43.5 Å². The molecule has 1 aromatic heterocycles. The number of aromatic amines is 1.